The van der Waals surface area contributed by atoms with Crippen molar-refractivity contribution in [3.05, 3.63) is 63.9 Å². The van der Waals surface area contributed by atoms with Crippen molar-refractivity contribution in [1.82, 2.24) is 9.88 Å². The summed E-state index contributed by atoms with van der Waals surface area (Å²) < 4.78 is 5.37. The fraction of sp³-hybridized carbons (Fsp3) is 0.360. The topological polar surface area (TPSA) is 74.4 Å². The van der Waals surface area contributed by atoms with E-state index in [0.717, 1.165) is 91.0 Å². The second-order valence-electron chi connectivity index (χ2n) is 8.36. The average molecular weight is 418 g/mol. The third-order valence-corrected chi connectivity index (χ3v) is 6.29. The Morgan fingerprint density at radius 1 is 1.06 bits per heavy atom. The molecule has 5 rings (SSSR count). The van der Waals surface area contributed by atoms with Crippen LogP contribution in [-0.4, -0.2) is 48.6 Å². The Hall–Kier alpha value is -2.96. The molecule has 0 atom stereocenters. The van der Waals surface area contributed by atoms with Crippen molar-refractivity contribution in [2.45, 2.75) is 25.7 Å². The van der Waals surface area contributed by atoms with Crippen LogP contribution in [0.3, 0.4) is 0 Å². The lowest BCUT2D eigenvalue weighted by atomic mass is 10.0. The number of carbonyl (C=O) groups excluding carboxylic acids is 1. The van der Waals surface area contributed by atoms with Crippen LogP contribution in [0.25, 0.3) is 22.0 Å². The molecule has 2 N–H and O–H groups in total. The number of aromatic amines is 1. The predicted octanol–water partition coefficient (Wildman–Crippen LogP) is 3.54. The second-order valence-corrected chi connectivity index (χ2v) is 8.36. The molecule has 2 aromatic carbocycles. The van der Waals surface area contributed by atoms with Gasteiger partial charge >= 0.3 is 0 Å². The van der Waals surface area contributed by atoms with Gasteiger partial charge < -0.3 is 15.0 Å². The van der Waals surface area contributed by atoms with Crippen molar-refractivity contribution in [1.29, 1.82) is 0 Å². The molecule has 1 aliphatic carbocycles. The maximum Gasteiger partial charge on any atom is 0.256 e. The van der Waals surface area contributed by atoms with Crippen LogP contribution >= 0.6 is 0 Å². The normalized spacial score (nSPS) is 15.6. The minimum absolute atomic E-state index is 0.0521. The number of carbonyl (C=O) groups is 1. The Bertz CT molecular complexity index is 1180. The number of benzene rings is 2. The molecule has 1 aliphatic heterocycles. The maximum atomic E-state index is 12.5. The summed E-state index contributed by atoms with van der Waals surface area (Å²) in [4.78, 5) is 30.3. The highest BCUT2D eigenvalue weighted by Crippen LogP contribution is 2.38. The molecule has 6 nitrogen and oxygen atoms in total. The molecule has 1 fully saturated rings. The van der Waals surface area contributed by atoms with E-state index in [2.05, 4.69) is 15.2 Å². The van der Waals surface area contributed by atoms with Crippen molar-refractivity contribution in [3.8, 4) is 11.3 Å². The number of rotatable bonds is 6. The first-order valence-corrected chi connectivity index (χ1v) is 11.1. The van der Waals surface area contributed by atoms with E-state index >= 15 is 0 Å². The summed E-state index contributed by atoms with van der Waals surface area (Å²) in [6.07, 6.45) is 3.19. The molecule has 0 bridgehead atoms. The number of unbranched alkanes of at least 4 members (excludes halogenated alkanes) is 1. The maximum absolute atomic E-state index is 12.5. The van der Waals surface area contributed by atoms with Crippen LogP contribution < -0.4 is 10.9 Å². The van der Waals surface area contributed by atoms with Gasteiger partial charge in [0.25, 0.3) is 5.56 Å². The van der Waals surface area contributed by atoms with Crippen molar-refractivity contribution >= 4 is 22.4 Å². The zero-order valence-electron chi connectivity index (χ0n) is 17.6. The number of hydrogen-bond acceptors (Lipinski definition) is 4. The van der Waals surface area contributed by atoms with E-state index < -0.39 is 0 Å². The monoisotopic (exact) mass is 417 g/mol. The molecule has 0 unspecified atom stereocenters. The minimum atomic E-state index is -0.0586. The Morgan fingerprint density at radius 3 is 2.71 bits per heavy atom. The number of aromatic nitrogens is 1. The molecule has 160 valence electrons. The number of anilines is 1. The quantitative estimate of drug-likeness (QED) is 0.471. The predicted molar refractivity (Wildman–Crippen MR) is 123 cm³/mol. The number of nitrogens with one attached hydrogen (secondary N) is 2. The van der Waals surface area contributed by atoms with Gasteiger partial charge in [-0.25, -0.2) is 0 Å². The molecule has 0 radical (unpaired) electrons. The Kier molecular flexibility index (Phi) is 5.57. The van der Waals surface area contributed by atoms with Crippen LogP contribution in [0.1, 0.15) is 30.4 Å². The second kappa shape index (κ2) is 8.65. The summed E-state index contributed by atoms with van der Waals surface area (Å²) in [5, 5.41) is 4.77. The number of nitrogens with zero attached hydrogens (tertiary/aromatic N) is 1. The SMILES string of the molecule is O=C(CCCCN1CCOCC1)Nc1ccc2c(c1)Cc1c-2[nH]c(=O)c2ccccc12. The van der Waals surface area contributed by atoms with Crippen LogP contribution in [0.4, 0.5) is 5.69 Å². The minimum Gasteiger partial charge on any atom is -0.379 e. The number of amides is 1. The van der Waals surface area contributed by atoms with Gasteiger partial charge in [-0.15, -0.1) is 0 Å². The Balaban J connectivity index is 1.22. The summed E-state index contributed by atoms with van der Waals surface area (Å²) >= 11 is 0. The van der Waals surface area contributed by atoms with E-state index in [4.69, 9.17) is 4.74 Å². The van der Waals surface area contributed by atoms with Crippen molar-refractivity contribution < 1.29 is 9.53 Å². The lowest BCUT2D eigenvalue weighted by molar-refractivity contribution is -0.116. The van der Waals surface area contributed by atoms with Crippen LogP contribution in [0, 0.1) is 0 Å². The highest BCUT2D eigenvalue weighted by Gasteiger charge is 2.23. The Labute approximate surface area is 181 Å². The molecule has 1 aromatic heterocycles. The molecule has 1 saturated heterocycles. The van der Waals surface area contributed by atoms with Crippen LogP contribution in [0.15, 0.2) is 47.3 Å². The van der Waals surface area contributed by atoms with Crippen molar-refractivity contribution in [3.63, 3.8) is 0 Å². The first-order chi connectivity index (χ1) is 15.2. The van der Waals surface area contributed by atoms with Crippen LogP contribution in [-0.2, 0) is 16.0 Å². The van der Waals surface area contributed by atoms with Crippen LogP contribution in [0.5, 0.6) is 0 Å². The molecule has 0 spiro atoms. The molecule has 0 saturated carbocycles. The lowest BCUT2D eigenvalue weighted by Crippen LogP contribution is -2.36. The molecule has 31 heavy (non-hydrogen) atoms. The number of fused-ring (bicyclic) bond motifs is 5. The Morgan fingerprint density at radius 2 is 1.87 bits per heavy atom. The number of pyridine rings is 1. The highest BCUT2D eigenvalue weighted by molar-refractivity contribution is 5.94. The van der Waals surface area contributed by atoms with Crippen molar-refractivity contribution in [2.75, 3.05) is 38.2 Å². The largest absolute Gasteiger partial charge is 0.379 e. The van der Waals surface area contributed by atoms with E-state index in [1.807, 2.05) is 42.5 Å². The van der Waals surface area contributed by atoms with E-state index in [1.54, 1.807) is 0 Å². The van der Waals surface area contributed by atoms with Gasteiger partial charge in [0.15, 0.2) is 0 Å². The molecular weight excluding hydrogens is 390 g/mol. The first kappa shape index (κ1) is 20.0. The van der Waals surface area contributed by atoms with E-state index in [0.29, 0.717) is 6.42 Å². The van der Waals surface area contributed by atoms with Gasteiger partial charge in [-0.05, 0) is 54.1 Å². The third-order valence-electron chi connectivity index (χ3n) is 6.29. The van der Waals surface area contributed by atoms with Crippen LogP contribution in [0.2, 0.25) is 0 Å². The summed E-state index contributed by atoms with van der Waals surface area (Å²) in [5.74, 6) is 0.0521. The first-order valence-electron chi connectivity index (χ1n) is 11.1. The summed E-state index contributed by atoms with van der Waals surface area (Å²) in [7, 11) is 0. The number of H-pyrrole nitrogens is 1. The molecule has 2 aliphatic rings. The smallest absolute Gasteiger partial charge is 0.256 e. The zero-order chi connectivity index (χ0) is 21.2. The molecular formula is C25H27N3O3. The van der Waals surface area contributed by atoms with E-state index in [-0.39, 0.29) is 11.5 Å². The molecule has 3 aromatic rings. The van der Waals surface area contributed by atoms with Gasteiger partial charge in [0.05, 0.1) is 18.9 Å². The standard InChI is InChI=1S/C25H27N3O3/c29-23(7-3-4-10-28-11-13-31-14-12-28)26-18-8-9-19-17(15-18)16-22-20-5-1-2-6-21(20)25(30)27-24(19)22/h1-2,5-6,8-9,15H,3-4,7,10-14,16H2,(H,26,29)(H,27,30). The summed E-state index contributed by atoms with van der Waals surface area (Å²) in [6, 6.07) is 13.7. The number of ether oxygens (including phenoxy) is 1. The number of morpholine rings is 1. The summed E-state index contributed by atoms with van der Waals surface area (Å²) in [6.45, 7) is 4.63. The fourth-order valence-electron chi connectivity index (χ4n) is 4.67. The van der Waals surface area contributed by atoms with E-state index in [1.165, 1.54) is 0 Å². The molecule has 2 heterocycles. The van der Waals surface area contributed by atoms with Gasteiger partial charge in [0.2, 0.25) is 5.91 Å². The van der Waals surface area contributed by atoms with E-state index in [9.17, 15) is 9.59 Å². The summed E-state index contributed by atoms with van der Waals surface area (Å²) in [5.41, 5.74) is 4.98. The van der Waals surface area contributed by atoms with Gasteiger partial charge in [0.1, 0.15) is 0 Å². The molecule has 1 amide bonds. The highest BCUT2D eigenvalue weighted by atomic mass is 16.5. The van der Waals surface area contributed by atoms with Gasteiger partial charge in [-0.3, -0.25) is 14.5 Å². The van der Waals surface area contributed by atoms with Gasteiger partial charge in [-0.1, -0.05) is 24.3 Å². The number of hydrogen-bond donors (Lipinski definition) is 2. The zero-order valence-corrected chi connectivity index (χ0v) is 17.6. The van der Waals surface area contributed by atoms with Gasteiger partial charge in [0, 0.05) is 42.6 Å². The lowest BCUT2D eigenvalue weighted by Gasteiger charge is -2.26. The molecule has 6 heteroatoms. The van der Waals surface area contributed by atoms with Gasteiger partial charge in [-0.2, -0.15) is 0 Å². The van der Waals surface area contributed by atoms with Crippen molar-refractivity contribution in [2.24, 2.45) is 0 Å². The average Bonchev–Trinajstić information content (AvgIpc) is 3.15. The third kappa shape index (κ3) is 4.13. The fourth-order valence-corrected chi connectivity index (χ4v) is 4.67.